The number of piperazine rings is 1. The highest BCUT2D eigenvalue weighted by Gasteiger charge is 2.25. The van der Waals surface area contributed by atoms with E-state index in [9.17, 15) is 14.4 Å². The number of para-hydroxylation sites is 1. The number of ether oxygens (including phenoxy) is 1. The largest absolute Gasteiger partial charge is 0.377 e. The van der Waals surface area contributed by atoms with Crippen molar-refractivity contribution in [1.82, 2.24) is 30.2 Å². The van der Waals surface area contributed by atoms with Crippen LogP contribution in [0.2, 0.25) is 0 Å². The van der Waals surface area contributed by atoms with E-state index in [-0.39, 0.29) is 17.9 Å². The number of nitrogens with zero attached hydrogens (tertiary/aromatic N) is 5. The quantitative estimate of drug-likeness (QED) is 0.338. The van der Waals surface area contributed by atoms with Crippen molar-refractivity contribution in [1.29, 1.82) is 0 Å². The van der Waals surface area contributed by atoms with Crippen molar-refractivity contribution in [2.45, 2.75) is 6.04 Å². The number of fused-ring (bicyclic) bond motifs is 1. The fourth-order valence-electron chi connectivity index (χ4n) is 4.62. The van der Waals surface area contributed by atoms with E-state index in [1.165, 1.54) is 12.4 Å². The molecule has 4 N–H and O–H groups in total. The Balaban J connectivity index is 1.07. The second-order valence-electron chi connectivity index (χ2n) is 9.49. The van der Waals surface area contributed by atoms with Gasteiger partial charge in [0.1, 0.15) is 11.3 Å². The molecule has 0 aliphatic carbocycles. The Morgan fingerprint density at radius 2 is 1.67 bits per heavy atom. The number of imidazole rings is 1. The zero-order valence-electron chi connectivity index (χ0n) is 21.0. The molecule has 2 aliphatic rings. The molecule has 3 amide bonds. The minimum absolute atomic E-state index is 0.0424. The van der Waals surface area contributed by atoms with E-state index >= 15 is 0 Å². The maximum absolute atomic E-state index is 13.1. The number of rotatable bonds is 6. The number of anilines is 1. The first-order chi connectivity index (χ1) is 19.0. The van der Waals surface area contributed by atoms with Crippen LogP contribution in [0, 0.1) is 0 Å². The summed E-state index contributed by atoms with van der Waals surface area (Å²) in [6.45, 7) is 3.25. The lowest BCUT2D eigenvalue weighted by atomic mass is 10.1. The lowest BCUT2D eigenvalue weighted by Crippen LogP contribution is -2.49. The van der Waals surface area contributed by atoms with Crippen LogP contribution in [0.1, 0.15) is 31.1 Å². The van der Waals surface area contributed by atoms with E-state index in [4.69, 9.17) is 10.5 Å². The summed E-state index contributed by atoms with van der Waals surface area (Å²) >= 11 is 0. The maximum Gasteiger partial charge on any atom is 0.254 e. The molecule has 4 aromatic rings. The Morgan fingerprint density at radius 3 is 2.31 bits per heavy atom. The molecule has 0 saturated carbocycles. The minimum atomic E-state index is -0.536. The summed E-state index contributed by atoms with van der Waals surface area (Å²) in [6, 6.07) is 12.5. The first-order valence-corrected chi connectivity index (χ1v) is 12.6. The number of aromatic nitrogens is 4. The number of hydrogen-bond donors (Lipinski definition) is 3. The second kappa shape index (κ2) is 10.1. The van der Waals surface area contributed by atoms with Crippen molar-refractivity contribution in [3.05, 3.63) is 71.5 Å². The topological polar surface area (TPSA) is 159 Å². The first kappa shape index (κ1) is 24.5. The van der Waals surface area contributed by atoms with Crippen LogP contribution in [0.4, 0.5) is 5.95 Å². The standard InChI is InChI=1S/C27H26N8O4/c28-23(36)20-2-1-3-21-22(20)33-24(32-21)16-4-6-17(7-5-16)26(38)34-8-10-35(11-9-34)27-29-12-18(13-30-27)25(37)31-19-14-39-15-19/h1-7,12-13,19H,8-11,14-15H2,(H2,28,36)(H,31,37)(H,32,33). The predicted molar refractivity (Wildman–Crippen MR) is 142 cm³/mol. The van der Waals surface area contributed by atoms with Crippen LogP contribution in [0.5, 0.6) is 0 Å². The Labute approximate surface area is 223 Å². The number of nitrogens with one attached hydrogen (secondary N) is 2. The molecule has 0 radical (unpaired) electrons. The third kappa shape index (κ3) is 4.89. The van der Waals surface area contributed by atoms with Gasteiger partial charge in [0.2, 0.25) is 5.95 Å². The Bertz CT molecular complexity index is 1540. The molecule has 12 heteroatoms. The molecular formula is C27H26N8O4. The smallest absolute Gasteiger partial charge is 0.254 e. The van der Waals surface area contributed by atoms with Gasteiger partial charge in [-0.05, 0) is 24.3 Å². The van der Waals surface area contributed by atoms with Crippen LogP contribution in [0.25, 0.3) is 22.4 Å². The molecule has 0 bridgehead atoms. The van der Waals surface area contributed by atoms with Gasteiger partial charge in [0.15, 0.2) is 0 Å². The number of carbonyl (C=O) groups is 3. The molecule has 2 fully saturated rings. The van der Waals surface area contributed by atoms with Gasteiger partial charge in [-0.3, -0.25) is 14.4 Å². The summed E-state index contributed by atoms with van der Waals surface area (Å²) in [7, 11) is 0. The molecular weight excluding hydrogens is 500 g/mol. The molecule has 4 heterocycles. The molecule has 2 aliphatic heterocycles. The number of amides is 3. The molecule has 0 unspecified atom stereocenters. The number of hydrogen-bond acceptors (Lipinski definition) is 8. The molecule has 6 rings (SSSR count). The highest BCUT2D eigenvalue weighted by Crippen LogP contribution is 2.24. The maximum atomic E-state index is 13.1. The number of nitrogens with two attached hydrogens (primary N) is 1. The molecule has 0 spiro atoms. The van der Waals surface area contributed by atoms with Gasteiger partial charge in [-0.1, -0.05) is 18.2 Å². The number of aromatic amines is 1. The van der Waals surface area contributed by atoms with E-state index in [0.717, 1.165) is 5.56 Å². The number of carbonyl (C=O) groups excluding carboxylic acids is 3. The number of H-pyrrole nitrogens is 1. The average molecular weight is 527 g/mol. The Hall–Kier alpha value is -4.84. The van der Waals surface area contributed by atoms with Crippen molar-refractivity contribution >= 4 is 34.7 Å². The van der Waals surface area contributed by atoms with Crippen molar-refractivity contribution in [2.75, 3.05) is 44.3 Å². The zero-order valence-corrected chi connectivity index (χ0v) is 21.0. The van der Waals surface area contributed by atoms with Crippen LogP contribution in [0.3, 0.4) is 0 Å². The summed E-state index contributed by atoms with van der Waals surface area (Å²) in [6.07, 6.45) is 3.04. The fourth-order valence-corrected chi connectivity index (χ4v) is 4.62. The van der Waals surface area contributed by atoms with E-state index in [1.54, 1.807) is 29.2 Å². The van der Waals surface area contributed by atoms with Crippen LogP contribution in [-0.4, -0.2) is 88.0 Å². The number of benzene rings is 2. The van der Waals surface area contributed by atoms with Gasteiger partial charge in [-0.25, -0.2) is 15.0 Å². The molecule has 2 saturated heterocycles. The van der Waals surface area contributed by atoms with Crippen molar-refractivity contribution in [2.24, 2.45) is 5.73 Å². The van der Waals surface area contributed by atoms with Crippen molar-refractivity contribution < 1.29 is 19.1 Å². The van der Waals surface area contributed by atoms with Crippen LogP contribution < -0.4 is 16.0 Å². The summed E-state index contributed by atoms with van der Waals surface area (Å²) in [4.78, 5) is 57.3. The highest BCUT2D eigenvalue weighted by atomic mass is 16.5. The van der Waals surface area contributed by atoms with Gasteiger partial charge in [0.05, 0.1) is 35.9 Å². The normalized spacial score (nSPS) is 15.7. The predicted octanol–water partition coefficient (Wildman–Crippen LogP) is 1.21. The van der Waals surface area contributed by atoms with E-state index < -0.39 is 5.91 Å². The summed E-state index contributed by atoms with van der Waals surface area (Å²) in [5, 5.41) is 2.87. The van der Waals surface area contributed by atoms with Gasteiger partial charge < -0.3 is 30.6 Å². The third-order valence-corrected chi connectivity index (χ3v) is 6.91. The Kier molecular flexibility index (Phi) is 6.37. The molecule has 2 aromatic carbocycles. The van der Waals surface area contributed by atoms with Gasteiger partial charge in [0.25, 0.3) is 17.7 Å². The fraction of sp³-hybridized carbons (Fsp3) is 0.259. The second-order valence-corrected chi connectivity index (χ2v) is 9.49. The lowest BCUT2D eigenvalue weighted by molar-refractivity contribution is -0.00347. The van der Waals surface area contributed by atoms with Gasteiger partial charge >= 0.3 is 0 Å². The summed E-state index contributed by atoms with van der Waals surface area (Å²) < 4.78 is 5.07. The van der Waals surface area contributed by atoms with E-state index in [2.05, 4.69) is 25.3 Å². The zero-order chi connectivity index (χ0) is 26.9. The minimum Gasteiger partial charge on any atom is -0.377 e. The van der Waals surface area contributed by atoms with E-state index in [0.29, 0.717) is 78.9 Å². The number of primary amides is 1. The SMILES string of the molecule is NC(=O)c1cccc2[nH]c(-c3ccc(C(=O)N4CCN(c5ncc(C(=O)NC6COC6)cn5)CC4)cc3)nc12. The molecule has 12 nitrogen and oxygen atoms in total. The van der Waals surface area contributed by atoms with Crippen molar-refractivity contribution in [3.63, 3.8) is 0 Å². The van der Waals surface area contributed by atoms with Crippen LogP contribution >= 0.6 is 0 Å². The molecule has 0 atom stereocenters. The van der Waals surface area contributed by atoms with Crippen LogP contribution in [-0.2, 0) is 4.74 Å². The molecule has 198 valence electrons. The van der Waals surface area contributed by atoms with Gasteiger partial charge in [-0.2, -0.15) is 0 Å². The lowest BCUT2D eigenvalue weighted by Gasteiger charge is -2.34. The van der Waals surface area contributed by atoms with Gasteiger partial charge in [-0.15, -0.1) is 0 Å². The monoisotopic (exact) mass is 526 g/mol. The molecule has 2 aromatic heterocycles. The molecule has 39 heavy (non-hydrogen) atoms. The Morgan fingerprint density at radius 1 is 0.949 bits per heavy atom. The third-order valence-electron chi connectivity index (χ3n) is 6.91. The van der Waals surface area contributed by atoms with Gasteiger partial charge in [0, 0.05) is 49.7 Å². The highest BCUT2D eigenvalue weighted by molar-refractivity contribution is 6.04. The summed E-state index contributed by atoms with van der Waals surface area (Å²) in [5.74, 6) is 0.305. The average Bonchev–Trinajstić information content (AvgIpc) is 3.39. The summed E-state index contributed by atoms with van der Waals surface area (Å²) in [5.41, 5.74) is 8.82. The van der Waals surface area contributed by atoms with E-state index in [1.807, 2.05) is 23.1 Å². The van der Waals surface area contributed by atoms with Crippen LogP contribution in [0.15, 0.2) is 54.9 Å². The van der Waals surface area contributed by atoms with Crippen molar-refractivity contribution in [3.8, 4) is 11.4 Å². The first-order valence-electron chi connectivity index (χ1n) is 12.6.